The van der Waals surface area contributed by atoms with Gasteiger partial charge in [0.1, 0.15) is 0 Å². The van der Waals surface area contributed by atoms with Crippen LogP contribution in [0.2, 0.25) is 0 Å². The van der Waals surface area contributed by atoms with Crippen LogP contribution in [0.5, 0.6) is 0 Å². The fraction of sp³-hybridized carbons (Fsp3) is 0.556. The van der Waals surface area contributed by atoms with Gasteiger partial charge >= 0.3 is 0 Å². The van der Waals surface area contributed by atoms with Gasteiger partial charge in [-0.25, -0.2) is 0 Å². The SMILES string of the molecule is CCNC(=NCCCN(C)C)NCCc1cccc(C(=O)NC)c1. The van der Waals surface area contributed by atoms with E-state index >= 15 is 0 Å². The summed E-state index contributed by atoms with van der Waals surface area (Å²) in [7, 11) is 5.78. The van der Waals surface area contributed by atoms with Crippen LogP contribution in [0.3, 0.4) is 0 Å². The molecular weight excluding hydrogens is 302 g/mol. The van der Waals surface area contributed by atoms with E-state index in [1.807, 2.05) is 24.3 Å². The number of amides is 1. The minimum atomic E-state index is -0.0550. The van der Waals surface area contributed by atoms with E-state index < -0.39 is 0 Å². The Kier molecular flexibility index (Phi) is 9.53. The Hall–Kier alpha value is -2.08. The summed E-state index contributed by atoms with van der Waals surface area (Å²) in [4.78, 5) is 18.4. The number of benzene rings is 1. The van der Waals surface area contributed by atoms with Crippen LogP contribution in [-0.4, -0.2) is 64.1 Å². The van der Waals surface area contributed by atoms with E-state index in [4.69, 9.17) is 0 Å². The van der Waals surface area contributed by atoms with Crippen LogP contribution in [0.1, 0.15) is 29.3 Å². The molecule has 0 heterocycles. The molecule has 6 nitrogen and oxygen atoms in total. The molecule has 24 heavy (non-hydrogen) atoms. The number of rotatable bonds is 9. The van der Waals surface area contributed by atoms with Crippen LogP contribution in [0.25, 0.3) is 0 Å². The highest BCUT2D eigenvalue weighted by Crippen LogP contribution is 2.05. The van der Waals surface area contributed by atoms with Gasteiger partial charge in [0, 0.05) is 32.2 Å². The molecule has 0 saturated carbocycles. The van der Waals surface area contributed by atoms with Crippen LogP contribution < -0.4 is 16.0 Å². The molecule has 0 radical (unpaired) electrons. The summed E-state index contributed by atoms with van der Waals surface area (Å²) in [6, 6.07) is 7.71. The molecule has 134 valence electrons. The van der Waals surface area contributed by atoms with Crippen molar-refractivity contribution in [2.24, 2.45) is 4.99 Å². The third-order valence-corrected chi connectivity index (χ3v) is 3.50. The van der Waals surface area contributed by atoms with Gasteiger partial charge in [-0.2, -0.15) is 0 Å². The lowest BCUT2D eigenvalue weighted by molar-refractivity contribution is 0.0963. The van der Waals surface area contributed by atoms with Crippen LogP contribution in [0.4, 0.5) is 0 Å². The lowest BCUT2D eigenvalue weighted by Crippen LogP contribution is -2.38. The van der Waals surface area contributed by atoms with Gasteiger partial charge in [-0.1, -0.05) is 12.1 Å². The van der Waals surface area contributed by atoms with Crippen LogP contribution >= 0.6 is 0 Å². The number of nitrogens with one attached hydrogen (secondary N) is 3. The van der Waals surface area contributed by atoms with E-state index in [0.29, 0.717) is 5.56 Å². The molecule has 1 rings (SSSR count). The Morgan fingerprint density at radius 2 is 2.04 bits per heavy atom. The molecule has 0 aliphatic rings. The van der Waals surface area contributed by atoms with Crippen LogP contribution in [0.15, 0.2) is 29.3 Å². The molecule has 0 aliphatic heterocycles. The first kappa shape index (κ1) is 20.0. The van der Waals surface area contributed by atoms with E-state index in [0.717, 1.165) is 50.5 Å². The van der Waals surface area contributed by atoms with Crippen molar-refractivity contribution in [1.82, 2.24) is 20.9 Å². The summed E-state index contributed by atoms with van der Waals surface area (Å²) in [5.41, 5.74) is 1.83. The normalized spacial score (nSPS) is 11.5. The highest BCUT2D eigenvalue weighted by molar-refractivity contribution is 5.94. The maximum atomic E-state index is 11.7. The van der Waals surface area contributed by atoms with Gasteiger partial charge in [0.2, 0.25) is 0 Å². The predicted molar refractivity (Wildman–Crippen MR) is 101 cm³/mol. The molecule has 1 amide bonds. The number of guanidine groups is 1. The molecule has 0 spiro atoms. The topological polar surface area (TPSA) is 68.8 Å². The average molecular weight is 333 g/mol. The summed E-state index contributed by atoms with van der Waals surface area (Å²) in [6.07, 6.45) is 1.88. The molecular formula is C18H31N5O. The molecule has 0 bridgehead atoms. The van der Waals surface area contributed by atoms with Crippen molar-refractivity contribution in [3.8, 4) is 0 Å². The van der Waals surface area contributed by atoms with Gasteiger partial charge in [-0.05, 0) is 58.1 Å². The van der Waals surface area contributed by atoms with Crippen molar-refractivity contribution in [2.45, 2.75) is 19.8 Å². The third kappa shape index (κ3) is 7.97. The first-order chi connectivity index (χ1) is 11.6. The Bertz CT molecular complexity index is 528. The van der Waals surface area contributed by atoms with Crippen molar-refractivity contribution in [1.29, 1.82) is 0 Å². The van der Waals surface area contributed by atoms with Crippen LogP contribution in [0, 0.1) is 0 Å². The smallest absolute Gasteiger partial charge is 0.251 e. The molecule has 0 saturated heterocycles. The van der Waals surface area contributed by atoms with E-state index in [1.54, 1.807) is 7.05 Å². The van der Waals surface area contributed by atoms with Gasteiger partial charge < -0.3 is 20.9 Å². The maximum Gasteiger partial charge on any atom is 0.251 e. The minimum absolute atomic E-state index is 0.0550. The zero-order valence-electron chi connectivity index (χ0n) is 15.4. The minimum Gasteiger partial charge on any atom is -0.357 e. The lowest BCUT2D eigenvalue weighted by Gasteiger charge is -2.12. The average Bonchev–Trinajstić information content (AvgIpc) is 2.58. The Balaban J connectivity index is 2.47. The predicted octanol–water partition coefficient (Wildman–Crippen LogP) is 1.10. The first-order valence-electron chi connectivity index (χ1n) is 8.54. The molecule has 1 aromatic carbocycles. The summed E-state index contributed by atoms with van der Waals surface area (Å²) in [6.45, 7) is 5.51. The summed E-state index contributed by atoms with van der Waals surface area (Å²) in [5.74, 6) is 0.791. The fourth-order valence-electron chi connectivity index (χ4n) is 2.26. The molecule has 1 aromatic rings. The molecule has 6 heteroatoms. The van der Waals surface area contributed by atoms with Crippen molar-refractivity contribution in [3.63, 3.8) is 0 Å². The quantitative estimate of drug-likeness (QED) is 0.360. The number of aliphatic imine (C=N–C) groups is 1. The van der Waals surface area contributed by atoms with Gasteiger partial charge in [0.25, 0.3) is 5.91 Å². The summed E-state index contributed by atoms with van der Waals surface area (Å²) >= 11 is 0. The van der Waals surface area contributed by atoms with Crippen molar-refractivity contribution in [3.05, 3.63) is 35.4 Å². The summed E-state index contributed by atoms with van der Waals surface area (Å²) in [5, 5.41) is 9.25. The molecule has 0 unspecified atom stereocenters. The number of nitrogens with zero attached hydrogens (tertiary/aromatic N) is 2. The number of carbonyl (C=O) groups is 1. The van der Waals surface area contributed by atoms with Gasteiger partial charge in [-0.15, -0.1) is 0 Å². The van der Waals surface area contributed by atoms with Crippen molar-refractivity contribution < 1.29 is 4.79 Å². The standard InChI is InChI=1S/C18H31N5O/c1-5-20-18(21-11-7-13-23(3)4)22-12-10-15-8-6-9-16(14-15)17(24)19-2/h6,8-9,14H,5,7,10-13H2,1-4H3,(H,19,24)(H2,20,21,22). The Morgan fingerprint density at radius 3 is 2.71 bits per heavy atom. The molecule has 3 N–H and O–H groups in total. The molecule has 0 aromatic heterocycles. The Labute approximate surface area is 145 Å². The first-order valence-corrected chi connectivity index (χ1v) is 8.54. The highest BCUT2D eigenvalue weighted by atomic mass is 16.1. The number of hydrogen-bond acceptors (Lipinski definition) is 3. The second-order valence-corrected chi connectivity index (χ2v) is 5.87. The third-order valence-electron chi connectivity index (χ3n) is 3.50. The Morgan fingerprint density at radius 1 is 1.25 bits per heavy atom. The monoisotopic (exact) mass is 333 g/mol. The van der Waals surface area contributed by atoms with Crippen molar-refractivity contribution in [2.75, 3.05) is 47.3 Å². The number of carbonyl (C=O) groups excluding carboxylic acids is 1. The highest BCUT2D eigenvalue weighted by Gasteiger charge is 2.04. The zero-order valence-corrected chi connectivity index (χ0v) is 15.4. The molecule has 0 aliphatic carbocycles. The van der Waals surface area contributed by atoms with E-state index in [-0.39, 0.29) is 5.91 Å². The van der Waals surface area contributed by atoms with E-state index in [2.05, 4.69) is 46.9 Å². The second-order valence-electron chi connectivity index (χ2n) is 5.87. The lowest BCUT2D eigenvalue weighted by atomic mass is 10.1. The maximum absolute atomic E-state index is 11.7. The van der Waals surface area contributed by atoms with E-state index in [9.17, 15) is 4.79 Å². The molecule has 0 fully saturated rings. The zero-order chi connectivity index (χ0) is 17.8. The van der Waals surface area contributed by atoms with Crippen molar-refractivity contribution >= 4 is 11.9 Å². The van der Waals surface area contributed by atoms with E-state index in [1.165, 1.54) is 0 Å². The second kappa shape index (κ2) is 11.5. The number of hydrogen-bond donors (Lipinski definition) is 3. The van der Waals surface area contributed by atoms with Gasteiger partial charge in [-0.3, -0.25) is 9.79 Å². The molecule has 0 atom stereocenters. The van der Waals surface area contributed by atoms with Crippen LogP contribution in [-0.2, 0) is 6.42 Å². The van der Waals surface area contributed by atoms with Gasteiger partial charge in [0.15, 0.2) is 5.96 Å². The van der Waals surface area contributed by atoms with Gasteiger partial charge in [0.05, 0.1) is 0 Å². The fourth-order valence-corrected chi connectivity index (χ4v) is 2.26. The largest absolute Gasteiger partial charge is 0.357 e. The summed E-state index contributed by atoms with van der Waals surface area (Å²) < 4.78 is 0.